The molecule has 2 fully saturated rings. The van der Waals surface area contributed by atoms with Gasteiger partial charge in [-0.3, -0.25) is 4.90 Å². The van der Waals surface area contributed by atoms with Gasteiger partial charge >= 0.3 is 0 Å². The molecule has 2 aromatic rings. The van der Waals surface area contributed by atoms with Crippen LogP contribution >= 0.6 is 11.3 Å². The summed E-state index contributed by atoms with van der Waals surface area (Å²) >= 11 is 1.61. The number of rotatable bonds is 3. The van der Waals surface area contributed by atoms with E-state index in [-0.39, 0.29) is 5.41 Å². The van der Waals surface area contributed by atoms with E-state index in [0.29, 0.717) is 0 Å². The third-order valence-electron chi connectivity index (χ3n) is 4.76. The highest BCUT2D eigenvalue weighted by Gasteiger charge is 2.39. The van der Waals surface area contributed by atoms with Gasteiger partial charge in [0.1, 0.15) is 11.3 Å². The minimum Gasteiger partial charge on any atom is -0.468 e. The lowest BCUT2D eigenvalue weighted by Crippen LogP contribution is -2.50. The van der Waals surface area contributed by atoms with E-state index in [9.17, 15) is 0 Å². The van der Waals surface area contributed by atoms with Crippen molar-refractivity contribution >= 4 is 16.5 Å². The summed E-state index contributed by atoms with van der Waals surface area (Å²) in [6.07, 6.45) is 4.16. The minimum absolute atomic E-state index is 0.174. The van der Waals surface area contributed by atoms with E-state index >= 15 is 0 Å². The van der Waals surface area contributed by atoms with E-state index in [1.807, 2.05) is 6.07 Å². The molecule has 4 heterocycles. The smallest absolute Gasteiger partial charge is 0.208 e. The minimum atomic E-state index is 0.174. The van der Waals surface area contributed by atoms with Crippen LogP contribution in [0.5, 0.6) is 0 Å². The van der Waals surface area contributed by atoms with Crippen molar-refractivity contribution in [1.82, 2.24) is 15.1 Å². The van der Waals surface area contributed by atoms with Gasteiger partial charge in [0, 0.05) is 25.0 Å². The first-order valence-corrected chi connectivity index (χ1v) is 9.05. The average Bonchev–Trinajstić information content (AvgIpc) is 3.22. The predicted molar refractivity (Wildman–Crippen MR) is 88.6 cm³/mol. The lowest BCUT2D eigenvalue weighted by molar-refractivity contribution is 0.00881. The molecule has 2 aliphatic rings. The number of aromatic nitrogens is 2. The van der Waals surface area contributed by atoms with Crippen LogP contribution in [0.4, 0.5) is 5.13 Å². The number of ether oxygens (including phenoxy) is 1. The number of furan rings is 1. The van der Waals surface area contributed by atoms with Crippen molar-refractivity contribution in [2.24, 2.45) is 5.41 Å². The molecule has 6 nitrogen and oxygen atoms in total. The van der Waals surface area contributed by atoms with Gasteiger partial charge < -0.3 is 14.1 Å². The lowest BCUT2D eigenvalue weighted by Gasteiger charge is -2.43. The summed E-state index contributed by atoms with van der Waals surface area (Å²) in [6, 6.07) is 4.01. The van der Waals surface area contributed by atoms with E-state index in [0.717, 1.165) is 56.8 Å². The Morgan fingerprint density at radius 2 is 2.30 bits per heavy atom. The van der Waals surface area contributed by atoms with Crippen LogP contribution in [0.25, 0.3) is 0 Å². The van der Waals surface area contributed by atoms with E-state index in [4.69, 9.17) is 9.15 Å². The molecule has 4 rings (SSSR count). The number of hydrogen-bond acceptors (Lipinski definition) is 7. The second kappa shape index (κ2) is 6.59. The van der Waals surface area contributed by atoms with Crippen LogP contribution in [0, 0.1) is 5.41 Å². The van der Waals surface area contributed by atoms with Gasteiger partial charge in [-0.1, -0.05) is 11.3 Å². The van der Waals surface area contributed by atoms with Crippen molar-refractivity contribution in [1.29, 1.82) is 0 Å². The van der Waals surface area contributed by atoms with Gasteiger partial charge in [0.05, 0.1) is 26.0 Å². The Bertz CT molecular complexity index is 604. The molecule has 0 aliphatic carbocycles. The Labute approximate surface area is 140 Å². The SMILES string of the molecule is c1coc(CN2CCC[C@]3(COCCN(c4nncs4)C3)C2)c1. The fraction of sp³-hybridized carbons (Fsp3) is 0.625. The third kappa shape index (κ3) is 3.41. The zero-order valence-electron chi connectivity index (χ0n) is 13.2. The van der Waals surface area contributed by atoms with Gasteiger partial charge in [0.2, 0.25) is 5.13 Å². The molecule has 0 amide bonds. The normalized spacial score (nSPS) is 26.5. The highest BCUT2D eigenvalue weighted by molar-refractivity contribution is 7.13. The fourth-order valence-electron chi connectivity index (χ4n) is 3.78. The molecule has 2 aliphatic heterocycles. The van der Waals surface area contributed by atoms with E-state index in [1.54, 1.807) is 23.1 Å². The average molecular weight is 334 g/mol. The number of anilines is 1. The van der Waals surface area contributed by atoms with Crippen molar-refractivity contribution in [2.45, 2.75) is 19.4 Å². The Hall–Kier alpha value is -1.44. The molecular formula is C16H22N4O2S. The summed E-state index contributed by atoms with van der Waals surface area (Å²) in [5.74, 6) is 1.04. The molecule has 0 radical (unpaired) electrons. The second-order valence-corrected chi connectivity index (χ2v) is 7.40. The molecule has 23 heavy (non-hydrogen) atoms. The fourth-order valence-corrected chi connectivity index (χ4v) is 4.36. The van der Waals surface area contributed by atoms with Crippen molar-refractivity contribution in [3.8, 4) is 0 Å². The molecule has 1 spiro atoms. The molecule has 1 atom stereocenters. The van der Waals surface area contributed by atoms with Crippen LogP contribution in [0.3, 0.4) is 0 Å². The molecule has 7 heteroatoms. The van der Waals surface area contributed by atoms with Gasteiger partial charge in [-0.25, -0.2) is 0 Å². The molecule has 0 unspecified atom stereocenters. The van der Waals surface area contributed by atoms with Gasteiger partial charge in [-0.15, -0.1) is 10.2 Å². The summed E-state index contributed by atoms with van der Waals surface area (Å²) in [4.78, 5) is 4.84. The molecule has 2 aromatic heterocycles. The van der Waals surface area contributed by atoms with Crippen molar-refractivity contribution in [3.63, 3.8) is 0 Å². The number of piperidine rings is 1. The summed E-state index contributed by atoms with van der Waals surface area (Å²) in [7, 11) is 0. The van der Waals surface area contributed by atoms with E-state index in [2.05, 4.69) is 26.1 Å². The summed E-state index contributed by atoms with van der Waals surface area (Å²) in [5, 5.41) is 9.25. The predicted octanol–water partition coefficient (Wildman–Crippen LogP) is 2.25. The quantitative estimate of drug-likeness (QED) is 0.858. The van der Waals surface area contributed by atoms with Gasteiger partial charge in [0.15, 0.2) is 0 Å². The monoisotopic (exact) mass is 334 g/mol. The summed E-state index contributed by atoms with van der Waals surface area (Å²) in [6.45, 7) is 6.54. The first-order chi connectivity index (χ1) is 11.3. The molecule has 2 saturated heterocycles. The van der Waals surface area contributed by atoms with Crippen LogP contribution in [0.2, 0.25) is 0 Å². The Kier molecular flexibility index (Phi) is 4.33. The summed E-state index contributed by atoms with van der Waals surface area (Å²) < 4.78 is 11.5. The van der Waals surface area contributed by atoms with Gasteiger partial charge in [0.25, 0.3) is 0 Å². The molecular weight excluding hydrogens is 312 g/mol. The van der Waals surface area contributed by atoms with Crippen molar-refractivity contribution < 1.29 is 9.15 Å². The van der Waals surface area contributed by atoms with E-state index < -0.39 is 0 Å². The zero-order valence-corrected chi connectivity index (χ0v) is 14.0. The number of nitrogens with zero attached hydrogens (tertiary/aromatic N) is 4. The Morgan fingerprint density at radius 1 is 1.30 bits per heavy atom. The first-order valence-electron chi connectivity index (χ1n) is 8.17. The van der Waals surface area contributed by atoms with Crippen molar-refractivity contribution in [2.75, 3.05) is 44.3 Å². The van der Waals surface area contributed by atoms with Crippen LogP contribution < -0.4 is 4.90 Å². The number of hydrogen-bond donors (Lipinski definition) is 0. The molecule has 0 bridgehead atoms. The second-order valence-electron chi connectivity index (χ2n) is 6.59. The number of likely N-dealkylation sites (tertiary alicyclic amines) is 1. The maximum atomic E-state index is 5.96. The van der Waals surface area contributed by atoms with Crippen molar-refractivity contribution in [3.05, 3.63) is 29.7 Å². The highest BCUT2D eigenvalue weighted by atomic mass is 32.1. The summed E-state index contributed by atoms with van der Waals surface area (Å²) in [5.41, 5.74) is 1.98. The maximum Gasteiger partial charge on any atom is 0.208 e. The standard InChI is InChI=1S/C16H22N4O2S/c1-3-14(22-7-1)9-19-5-2-4-16(10-19)11-20(6-8-21-12-16)15-18-17-13-23-15/h1,3,7,13H,2,4-6,8-12H2/t16-/m0/s1. The topological polar surface area (TPSA) is 54.6 Å². The van der Waals surface area contributed by atoms with Crippen LogP contribution in [0.1, 0.15) is 18.6 Å². The first kappa shape index (κ1) is 15.1. The molecule has 0 aromatic carbocycles. The van der Waals surface area contributed by atoms with Crippen LogP contribution in [-0.4, -0.2) is 54.5 Å². The van der Waals surface area contributed by atoms with Crippen LogP contribution in [0.15, 0.2) is 28.3 Å². The third-order valence-corrected chi connectivity index (χ3v) is 5.51. The van der Waals surface area contributed by atoms with Gasteiger partial charge in [-0.2, -0.15) is 0 Å². The largest absolute Gasteiger partial charge is 0.468 e. The van der Waals surface area contributed by atoms with Gasteiger partial charge in [-0.05, 0) is 31.5 Å². The zero-order chi connectivity index (χ0) is 15.5. The lowest BCUT2D eigenvalue weighted by atomic mass is 9.80. The van der Waals surface area contributed by atoms with Crippen LogP contribution in [-0.2, 0) is 11.3 Å². The van der Waals surface area contributed by atoms with E-state index in [1.165, 1.54) is 12.8 Å². The molecule has 124 valence electrons. The highest BCUT2D eigenvalue weighted by Crippen LogP contribution is 2.35. The molecule has 0 N–H and O–H groups in total. The Balaban J connectivity index is 1.48. The Morgan fingerprint density at radius 3 is 3.13 bits per heavy atom. The molecule has 0 saturated carbocycles. The maximum absolute atomic E-state index is 5.96.